The number of thiophene rings is 1. The van der Waals surface area contributed by atoms with Gasteiger partial charge in [0.1, 0.15) is 0 Å². The molecule has 0 aliphatic carbocycles. The van der Waals surface area contributed by atoms with Crippen LogP contribution in [0, 0.1) is 5.92 Å². The number of anilines is 1. The van der Waals surface area contributed by atoms with E-state index < -0.39 is 0 Å². The number of nitrogens with one attached hydrogen (secondary N) is 2. The normalized spacial score (nSPS) is 16.4. The van der Waals surface area contributed by atoms with Crippen LogP contribution in [0.25, 0.3) is 5.82 Å². The van der Waals surface area contributed by atoms with Crippen LogP contribution in [-0.4, -0.2) is 45.3 Å². The fourth-order valence-corrected chi connectivity index (χ4v) is 4.52. The lowest BCUT2D eigenvalue weighted by Gasteiger charge is -2.36. The van der Waals surface area contributed by atoms with Crippen molar-refractivity contribution in [3.05, 3.63) is 59.2 Å². The van der Waals surface area contributed by atoms with Crippen molar-refractivity contribution in [1.82, 2.24) is 25.0 Å². The minimum absolute atomic E-state index is 0.202. The van der Waals surface area contributed by atoms with Gasteiger partial charge in [0.25, 0.3) is 0 Å². The number of carbonyl (C=O) groups is 1. The van der Waals surface area contributed by atoms with Gasteiger partial charge in [0.2, 0.25) is 0 Å². The second-order valence-electron chi connectivity index (χ2n) is 7.41. The first kappa shape index (κ1) is 19.6. The molecule has 152 valence electrons. The maximum atomic E-state index is 12.6. The van der Waals surface area contributed by atoms with E-state index in [0.717, 1.165) is 19.0 Å². The first-order valence-electron chi connectivity index (χ1n) is 9.98. The number of carbonyl (C=O) groups excluding carboxylic acids is 1. The molecular weight excluding hydrogens is 384 g/mol. The standard InChI is InChI=1S/C21H26N6OS/c1-16-7-12-26(13-8-16)18(19-6-3-14-29-19)15-23-21(28)25-17-5-2-9-22-20(17)27-11-4-10-24-27/h2-6,9-11,14,16,18H,7-8,12-13,15H2,1H3,(H2,23,25,28)/t18-/m1/s1. The molecule has 2 amide bonds. The summed E-state index contributed by atoms with van der Waals surface area (Å²) in [5.41, 5.74) is 0.619. The summed E-state index contributed by atoms with van der Waals surface area (Å²) in [4.78, 5) is 20.8. The molecule has 1 atom stereocenters. The quantitative estimate of drug-likeness (QED) is 0.646. The van der Waals surface area contributed by atoms with Crippen molar-refractivity contribution >= 4 is 23.1 Å². The molecule has 0 bridgehead atoms. The minimum atomic E-state index is -0.238. The first-order chi connectivity index (χ1) is 14.2. The molecule has 8 heteroatoms. The van der Waals surface area contributed by atoms with Gasteiger partial charge in [-0.05, 0) is 61.5 Å². The second-order valence-corrected chi connectivity index (χ2v) is 8.39. The summed E-state index contributed by atoms with van der Waals surface area (Å²) in [5.74, 6) is 1.37. The highest BCUT2D eigenvalue weighted by molar-refractivity contribution is 7.10. The van der Waals surface area contributed by atoms with Gasteiger partial charge in [-0.1, -0.05) is 13.0 Å². The molecule has 4 heterocycles. The van der Waals surface area contributed by atoms with Gasteiger partial charge in [0.15, 0.2) is 5.82 Å². The van der Waals surface area contributed by atoms with E-state index in [-0.39, 0.29) is 12.1 Å². The Kier molecular flexibility index (Phi) is 6.21. The Morgan fingerprint density at radius 1 is 1.24 bits per heavy atom. The third-order valence-electron chi connectivity index (χ3n) is 5.34. The highest BCUT2D eigenvalue weighted by Gasteiger charge is 2.25. The Morgan fingerprint density at radius 2 is 2.10 bits per heavy atom. The number of rotatable bonds is 6. The smallest absolute Gasteiger partial charge is 0.319 e. The molecule has 2 N–H and O–H groups in total. The number of likely N-dealkylation sites (tertiary alicyclic amines) is 1. The van der Waals surface area contributed by atoms with Crippen molar-refractivity contribution in [1.29, 1.82) is 0 Å². The molecule has 7 nitrogen and oxygen atoms in total. The molecule has 0 radical (unpaired) electrons. The van der Waals surface area contributed by atoms with Gasteiger partial charge in [-0.15, -0.1) is 11.3 Å². The molecule has 29 heavy (non-hydrogen) atoms. The van der Waals surface area contributed by atoms with Crippen LogP contribution in [0.1, 0.15) is 30.7 Å². The van der Waals surface area contributed by atoms with Crippen LogP contribution in [0.2, 0.25) is 0 Å². The molecule has 1 saturated heterocycles. The Hall–Kier alpha value is -2.71. The third-order valence-corrected chi connectivity index (χ3v) is 6.32. The lowest BCUT2D eigenvalue weighted by molar-refractivity contribution is 0.138. The van der Waals surface area contributed by atoms with Crippen LogP contribution in [0.4, 0.5) is 10.5 Å². The van der Waals surface area contributed by atoms with Gasteiger partial charge in [0, 0.05) is 30.0 Å². The van der Waals surface area contributed by atoms with E-state index in [1.54, 1.807) is 40.7 Å². The lowest BCUT2D eigenvalue weighted by Crippen LogP contribution is -2.42. The fraction of sp³-hybridized carbons (Fsp3) is 0.381. The lowest BCUT2D eigenvalue weighted by atomic mass is 9.97. The van der Waals surface area contributed by atoms with Gasteiger partial charge in [-0.3, -0.25) is 4.90 Å². The summed E-state index contributed by atoms with van der Waals surface area (Å²) in [6.45, 7) is 5.02. The van der Waals surface area contributed by atoms with E-state index in [2.05, 4.69) is 50.1 Å². The molecular formula is C21H26N6OS. The topological polar surface area (TPSA) is 75.1 Å². The highest BCUT2D eigenvalue weighted by atomic mass is 32.1. The SMILES string of the molecule is CC1CCN([C@H](CNC(=O)Nc2cccnc2-n2cccn2)c2cccs2)CC1. The first-order valence-corrected chi connectivity index (χ1v) is 10.9. The maximum Gasteiger partial charge on any atom is 0.319 e. The zero-order valence-corrected chi connectivity index (χ0v) is 17.3. The Balaban J connectivity index is 1.41. The van der Waals surface area contributed by atoms with Gasteiger partial charge in [0.05, 0.1) is 11.7 Å². The van der Waals surface area contributed by atoms with Crippen molar-refractivity contribution < 1.29 is 4.79 Å². The molecule has 4 rings (SSSR count). The average molecular weight is 411 g/mol. The monoisotopic (exact) mass is 410 g/mol. The van der Waals surface area contributed by atoms with E-state index in [1.165, 1.54) is 17.7 Å². The summed E-state index contributed by atoms with van der Waals surface area (Å²) in [6.07, 6.45) is 7.58. The largest absolute Gasteiger partial charge is 0.336 e. The van der Waals surface area contributed by atoms with Crippen LogP contribution in [0.5, 0.6) is 0 Å². The Bertz CT molecular complexity index is 903. The van der Waals surface area contributed by atoms with Gasteiger partial charge in [-0.2, -0.15) is 5.10 Å². The van der Waals surface area contributed by atoms with Crippen molar-refractivity contribution in [2.75, 3.05) is 25.0 Å². The molecule has 1 aliphatic heterocycles. The van der Waals surface area contributed by atoms with Crippen LogP contribution >= 0.6 is 11.3 Å². The summed E-state index contributed by atoms with van der Waals surface area (Å²) >= 11 is 1.75. The number of amides is 2. The van der Waals surface area contributed by atoms with Crippen LogP contribution < -0.4 is 10.6 Å². The Morgan fingerprint density at radius 3 is 2.83 bits per heavy atom. The predicted octanol–water partition coefficient (Wildman–Crippen LogP) is 3.92. The second kappa shape index (κ2) is 9.19. The van der Waals surface area contributed by atoms with Crippen molar-refractivity contribution in [2.24, 2.45) is 5.92 Å². The zero-order chi connectivity index (χ0) is 20.1. The van der Waals surface area contributed by atoms with E-state index in [1.807, 2.05) is 12.1 Å². The van der Waals surface area contributed by atoms with E-state index in [0.29, 0.717) is 18.1 Å². The van der Waals surface area contributed by atoms with Crippen molar-refractivity contribution in [2.45, 2.75) is 25.8 Å². The molecule has 1 fully saturated rings. The summed E-state index contributed by atoms with van der Waals surface area (Å²) in [7, 11) is 0. The number of nitrogens with zero attached hydrogens (tertiary/aromatic N) is 4. The highest BCUT2D eigenvalue weighted by Crippen LogP contribution is 2.29. The van der Waals surface area contributed by atoms with Crippen molar-refractivity contribution in [3.8, 4) is 5.82 Å². The van der Waals surface area contributed by atoms with Gasteiger partial charge in [-0.25, -0.2) is 14.5 Å². The summed E-state index contributed by atoms with van der Waals surface area (Å²) < 4.78 is 1.64. The number of hydrogen-bond donors (Lipinski definition) is 2. The number of piperidine rings is 1. The molecule has 0 saturated carbocycles. The predicted molar refractivity (Wildman–Crippen MR) is 115 cm³/mol. The molecule has 0 unspecified atom stereocenters. The van der Waals surface area contributed by atoms with Crippen molar-refractivity contribution in [3.63, 3.8) is 0 Å². The van der Waals surface area contributed by atoms with Gasteiger partial charge >= 0.3 is 6.03 Å². The van der Waals surface area contributed by atoms with Crippen LogP contribution in [-0.2, 0) is 0 Å². The third kappa shape index (κ3) is 4.83. The summed E-state index contributed by atoms with van der Waals surface area (Å²) in [5, 5.41) is 12.3. The molecule has 3 aromatic rings. The van der Waals surface area contributed by atoms with Gasteiger partial charge < -0.3 is 10.6 Å². The van der Waals surface area contributed by atoms with E-state index >= 15 is 0 Å². The molecule has 1 aliphatic rings. The van der Waals surface area contributed by atoms with Crippen LogP contribution in [0.15, 0.2) is 54.3 Å². The average Bonchev–Trinajstić information content (AvgIpc) is 3.44. The fourth-order valence-electron chi connectivity index (χ4n) is 3.66. The zero-order valence-electron chi connectivity index (χ0n) is 16.5. The maximum absolute atomic E-state index is 12.6. The number of pyridine rings is 1. The minimum Gasteiger partial charge on any atom is -0.336 e. The molecule has 3 aromatic heterocycles. The molecule has 0 aromatic carbocycles. The van der Waals surface area contributed by atoms with E-state index in [4.69, 9.17) is 0 Å². The Labute approximate surface area is 174 Å². The number of aromatic nitrogens is 3. The van der Waals surface area contributed by atoms with E-state index in [9.17, 15) is 4.79 Å². The summed E-state index contributed by atoms with van der Waals surface area (Å²) in [6, 6.07) is 9.64. The molecule has 0 spiro atoms. The number of urea groups is 1. The van der Waals surface area contributed by atoms with Crippen LogP contribution in [0.3, 0.4) is 0 Å². The number of hydrogen-bond acceptors (Lipinski definition) is 5.